The maximum absolute atomic E-state index is 12.8. The molecule has 1 saturated heterocycles. The molecule has 0 bridgehead atoms. The molecule has 2 aliphatic rings. The third-order valence-electron chi connectivity index (χ3n) is 6.58. The molecule has 2 heterocycles. The van der Waals surface area contributed by atoms with Gasteiger partial charge in [-0.15, -0.1) is 0 Å². The van der Waals surface area contributed by atoms with Crippen LogP contribution in [-0.2, 0) is 4.79 Å². The number of benzene rings is 2. The highest BCUT2D eigenvalue weighted by Crippen LogP contribution is 2.41. The van der Waals surface area contributed by atoms with Gasteiger partial charge >= 0.3 is 0 Å². The van der Waals surface area contributed by atoms with E-state index in [2.05, 4.69) is 0 Å². The minimum atomic E-state index is -0.565. The Bertz CT molecular complexity index is 1120. The van der Waals surface area contributed by atoms with Crippen LogP contribution in [0.2, 0.25) is 5.02 Å². The standard InChI is InChI=1S/C26H28ClNO5/c1-16-12-17(2)25-20(13-16)22(30)15-26(33-25)8-10-28(11-9-26)24(31)7-5-21(29)19-14-18(27)4-6-23(19)32-3/h4,6,12-14H,5,7-11,15H2,1-3H3. The van der Waals surface area contributed by atoms with Crippen LogP contribution in [0.15, 0.2) is 30.3 Å². The molecular weight excluding hydrogens is 442 g/mol. The fraction of sp³-hybridized carbons (Fsp3) is 0.423. The van der Waals surface area contributed by atoms with Crippen molar-refractivity contribution in [3.63, 3.8) is 0 Å². The van der Waals surface area contributed by atoms with Crippen molar-refractivity contribution in [3.05, 3.63) is 57.6 Å². The summed E-state index contributed by atoms with van der Waals surface area (Å²) in [5, 5.41) is 0.445. The summed E-state index contributed by atoms with van der Waals surface area (Å²) in [5.41, 5.74) is 2.49. The molecule has 1 amide bonds. The third kappa shape index (κ3) is 4.76. The van der Waals surface area contributed by atoms with E-state index >= 15 is 0 Å². The van der Waals surface area contributed by atoms with Gasteiger partial charge in [-0.3, -0.25) is 14.4 Å². The molecule has 1 fully saturated rings. The highest BCUT2D eigenvalue weighted by molar-refractivity contribution is 6.31. The Labute approximate surface area is 198 Å². The first-order valence-corrected chi connectivity index (χ1v) is 11.6. The second kappa shape index (κ2) is 9.18. The molecule has 33 heavy (non-hydrogen) atoms. The summed E-state index contributed by atoms with van der Waals surface area (Å²) < 4.78 is 11.6. The fourth-order valence-corrected chi connectivity index (χ4v) is 4.96. The highest BCUT2D eigenvalue weighted by atomic mass is 35.5. The van der Waals surface area contributed by atoms with E-state index in [9.17, 15) is 14.4 Å². The molecule has 4 rings (SSSR count). The zero-order valence-electron chi connectivity index (χ0n) is 19.2. The van der Waals surface area contributed by atoms with Crippen molar-refractivity contribution in [3.8, 4) is 11.5 Å². The first-order chi connectivity index (χ1) is 15.7. The van der Waals surface area contributed by atoms with Crippen molar-refractivity contribution in [1.82, 2.24) is 4.90 Å². The number of amides is 1. The van der Waals surface area contributed by atoms with Gasteiger partial charge in [0.1, 0.15) is 17.1 Å². The van der Waals surface area contributed by atoms with E-state index in [0.717, 1.165) is 11.1 Å². The Morgan fingerprint density at radius 1 is 1.12 bits per heavy atom. The Morgan fingerprint density at radius 2 is 1.85 bits per heavy atom. The van der Waals surface area contributed by atoms with E-state index in [-0.39, 0.29) is 30.3 Å². The van der Waals surface area contributed by atoms with Gasteiger partial charge in [-0.2, -0.15) is 0 Å². The predicted octanol–water partition coefficient (Wildman–Crippen LogP) is 4.95. The molecule has 0 atom stereocenters. The van der Waals surface area contributed by atoms with Crippen LogP contribution in [0.4, 0.5) is 0 Å². The topological polar surface area (TPSA) is 72.9 Å². The van der Waals surface area contributed by atoms with Crippen molar-refractivity contribution in [2.45, 2.75) is 51.6 Å². The van der Waals surface area contributed by atoms with Gasteiger partial charge < -0.3 is 14.4 Å². The number of carbonyl (C=O) groups excluding carboxylic acids is 3. The third-order valence-corrected chi connectivity index (χ3v) is 6.81. The highest BCUT2D eigenvalue weighted by Gasteiger charge is 2.44. The van der Waals surface area contributed by atoms with E-state index in [1.807, 2.05) is 26.0 Å². The maximum Gasteiger partial charge on any atom is 0.223 e. The number of nitrogens with zero attached hydrogens (tertiary/aromatic N) is 1. The Morgan fingerprint density at radius 3 is 2.55 bits per heavy atom. The van der Waals surface area contributed by atoms with E-state index in [4.69, 9.17) is 21.1 Å². The summed E-state index contributed by atoms with van der Waals surface area (Å²) in [6.45, 7) is 4.94. The van der Waals surface area contributed by atoms with Crippen molar-refractivity contribution >= 4 is 29.1 Å². The van der Waals surface area contributed by atoms with Crippen molar-refractivity contribution in [1.29, 1.82) is 0 Å². The van der Waals surface area contributed by atoms with Crippen LogP contribution >= 0.6 is 11.6 Å². The molecule has 0 radical (unpaired) electrons. The Hall–Kier alpha value is -2.86. The number of ketones is 2. The molecule has 6 nitrogen and oxygen atoms in total. The summed E-state index contributed by atoms with van der Waals surface area (Å²) >= 11 is 6.01. The van der Waals surface area contributed by atoms with Crippen molar-refractivity contribution < 1.29 is 23.9 Å². The minimum absolute atomic E-state index is 0.0754. The van der Waals surface area contributed by atoms with Crippen LogP contribution in [0, 0.1) is 13.8 Å². The van der Waals surface area contributed by atoms with E-state index in [1.54, 1.807) is 23.1 Å². The van der Waals surface area contributed by atoms with E-state index in [0.29, 0.717) is 60.0 Å². The number of aryl methyl sites for hydroxylation is 2. The van der Waals surface area contributed by atoms with Crippen LogP contribution in [0.3, 0.4) is 0 Å². The van der Waals surface area contributed by atoms with Crippen molar-refractivity contribution in [2.24, 2.45) is 0 Å². The number of fused-ring (bicyclic) bond motifs is 1. The number of methoxy groups -OCH3 is 1. The molecule has 0 saturated carbocycles. The molecular formula is C26H28ClNO5. The van der Waals surface area contributed by atoms with Gasteiger partial charge in [-0.1, -0.05) is 17.7 Å². The predicted molar refractivity (Wildman–Crippen MR) is 126 cm³/mol. The van der Waals surface area contributed by atoms with Crippen LogP contribution in [0.5, 0.6) is 11.5 Å². The van der Waals surface area contributed by atoms with Gasteiger partial charge in [0.25, 0.3) is 0 Å². The number of carbonyl (C=O) groups is 3. The van der Waals surface area contributed by atoms with Gasteiger partial charge in [-0.25, -0.2) is 0 Å². The summed E-state index contributed by atoms with van der Waals surface area (Å²) in [6.07, 6.45) is 1.71. The van der Waals surface area contributed by atoms with Crippen LogP contribution in [-0.4, -0.2) is 48.2 Å². The normalized spacial score (nSPS) is 16.8. The molecule has 1 spiro atoms. The average Bonchev–Trinajstić information content (AvgIpc) is 2.78. The number of ether oxygens (including phenoxy) is 2. The fourth-order valence-electron chi connectivity index (χ4n) is 4.79. The zero-order valence-corrected chi connectivity index (χ0v) is 20.0. The summed E-state index contributed by atoms with van der Waals surface area (Å²) in [6, 6.07) is 8.79. The minimum Gasteiger partial charge on any atom is -0.496 e. The number of halogens is 1. The van der Waals surface area contributed by atoms with Gasteiger partial charge in [0.15, 0.2) is 11.6 Å². The number of Topliss-reactive ketones (excluding diaryl/α,β-unsaturated/α-hetero) is 2. The lowest BCUT2D eigenvalue weighted by Gasteiger charge is -2.44. The van der Waals surface area contributed by atoms with Crippen molar-refractivity contribution in [2.75, 3.05) is 20.2 Å². The first-order valence-electron chi connectivity index (χ1n) is 11.2. The lowest BCUT2D eigenvalue weighted by molar-refractivity contribution is -0.134. The number of piperidine rings is 1. The quantitative estimate of drug-likeness (QED) is 0.579. The van der Waals surface area contributed by atoms with Crippen LogP contribution in [0.1, 0.15) is 63.9 Å². The monoisotopic (exact) mass is 469 g/mol. The number of hydrogen-bond donors (Lipinski definition) is 0. The molecule has 2 aromatic carbocycles. The number of hydrogen-bond acceptors (Lipinski definition) is 5. The molecule has 7 heteroatoms. The molecule has 2 aromatic rings. The lowest BCUT2D eigenvalue weighted by Crippen LogP contribution is -2.52. The van der Waals surface area contributed by atoms with Gasteiger partial charge in [-0.05, 0) is 49.2 Å². The second-order valence-electron chi connectivity index (χ2n) is 8.99. The van der Waals surface area contributed by atoms with Crippen LogP contribution < -0.4 is 9.47 Å². The van der Waals surface area contributed by atoms with E-state index in [1.165, 1.54) is 7.11 Å². The molecule has 0 N–H and O–H groups in total. The SMILES string of the molecule is COc1ccc(Cl)cc1C(=O)CCC(=O)N1CCC2(CC1)CC(=O)c1cc(C)cc(C)c1O2. The number of rotatable bonds is 5. The average molecular weight is 470 g/mol. The maximum atomic E-state index is 12.8. The van der Waals surface area contributed by atoms with Gasteiger partial charge in [0, 0.05) is 43.8 Å². The molecule has 0 aliphatic carbocycles. The lowest BCUT2D eigenvalue weighted by atomic mass is 9.81. The zero-order chi connectivity index (χ0) is 23.8. The summed E-state index contributed by atoms with van der Waals surface area (Å²) in [5.74, 6) is 0.969. The first kappa shape index (κ1) is 23.3. The molecule has 2 aliphatic heterocycles. The van der Waals surface area contributed by atoms with Gasteiger partial charge in [0.2, 0.25) is 5.91 Å². The van der Waals surface area contributed by atoms with Crippen LogP contribution in [0.25, 0.3) is 0 Å². The summed E-state index contributed by atoms with van der Waals surface area (Å²) in [4.78, 5) is 40.0. The Kier molecular flexibility index (Phi) is 6.48. The molecule has 0 aromatic heterocycles. The van der Waals surface area contributed by atoms with Gasteiger partial charge in [0.05, 0.1) is 24.7 Å². The molecule has 0 unspecified atom stereocenters. The Balaban J connectivity index is 1.36. The largest absolute Gasteiger partial charge is 0.496 e. The number of likely N-dealkylation sites (tertiary alicyclic amines) is 1. The smallest absolute Gasteiger partial charge is 0.223 e. The molecule has 174 valence electrons. The van der Waals surface area contributed by atoms with E-state index < -0.39 is 5.60 Å². The summed E-state index contributed by atoms with van der Waals surface area (Å²) in [7, 11) is 1.49. The second-order valence-corrected chi connectivity index (χ2v) is 9.43.